The van der Waals surface area contributed by atoms with Gasteiger partial charge in [-0.05, 0) is 37.4 Å². The van der Waals surface area contributed by atoms with E-state index in [0.29, 0.717) is 17.2 Å². The number of carbonyl (C=O) groups excluding carboxylic acids is 1. The van der Waals surface area contributed by atoms with Crippen LogP contribution in [0.5, 0.6) is 0 Å². The summed E-state index contributed by atoms with van der Waals surface area (Å²) in [5.41, 5.74) is 0. The second kappa shape index (κ2) is 9.40. The van der Waals surface area contributed by atoms with Crippen molar-refractivity contribution in [1.82, 2.24) is 15.5 Å². The molecular formula is C17H32N4OS. The molecule has 1 saturated carbocycles. The number of nitrogens with zero attached hydrogens (tertiary/aromatic N) is 2. The molecule has 2 fully saturated rings. The molecule has 132 valence electrons. The third-order valence-electron chi connectivity index (χ3n) is 4.83. The maximum atomic E-state index is 11.8. The smallest absolute Gasteiger partial charge is 0.243 e. The van der Waals surface area contributed by atoms with E-state index in [4.69, 9.17) is 0 Å². The molecule has 0 spiro atoms. The maximum Gasteiger partial charge on any atom is 0.243 e. The van der Waals surface area contributed by atoms with Gasteiger partial charge in [0.2, 0.25) is 5.91 Å². The topological polar surface area (TPSA) is 56.7 Å². The van der Waals surface area contributed by atoms with Gasteiger partial charge in [0.05, 0.1) is 0 Å². The lowest BCUT2D eigenvalue weighted by Crippen LogP contribution is -2.48. The zero-order valence-corrected chi connectivity index (χ0v) is 15.6. The van der Waals surface area contributed by atoms with Gasteiger partial charge in [-0.2, -0.15) is 11.8 Å². The van der Waals surface area contributed by atoms with Gasteiger partial charge in [0, 0.05) is 31.9 Å². The minimum absolute atomic E-state index is 0.0398. The molecule has 0 aromatic heterocycles. The lowest BCUT2D eigenvalue weighted by Gasteiger charge is -2.31. The summed E-state index contributed by atoms with van der Waals surface area (Å²) in [7, 11) is 3.55. The number of carbonyl (C=O) groups is 1. The number of rotatable bonds is 5. The lowest BCUT2D eigenvalue weighted by atomic mass is 9.86. The van der Waals surface area contributed by atoms with Crippen LogP contribution in [-0.4, -0.2) is 61.0 Å². The maximum absolute atomic E-state index is 11.8. The fraction of sp³-hybridized carbons (Fsp3) is 0.882. The van der Waals surface area contributed by atoms with Crippen LogP contribution in [-0.2, 0) is 4.79 Å². The molecule has 0 radical (unpaired) electrons. The number of thioether (sulfide) groups is 1. The van der Waals surface area contributed by atoms with Gasteiger partial charge in [-0.1, -0.05) is 19.8 Å². The summed E-state index contributed by atoms with van der Waals surface area (Å²) in [6.45, 7) is 3.46. The van der Waals surface area contributed by atoms with Crippen molar-refractivity contribution in [2.45, 2.75) is 56.7 Å². The highest BCUT2D eigenvalue weighted by atomic mass is 32.2. The molecule has 0 aromatic carbocycles. The van der Waals surface area contributed by atoms with E-state index in [1.807, 2.05) is 11.8 Å². The first-order valence-corrected chi connectivity index (χ1v) is 9.97. The number of aliphatic imine (C=N–C) groups is 1. The Kier molecular flexibility index (Phi) is 7.53. The van der Waals surface area contributed by atoms with E-state index in [-0.39, 0.29) is 12.5 Å². The standard InChI is InChI=1S/C17H32N4OS/c1-13-7-4-5-9-15(13)20-17(19-12-16(22)21(2)3)18-11-14-8-6-10-23-14/h13-15H,4-12H2,1-3H3,(H2,18,19,20). The highest BCUT2D eigenvalue weighted by Crippen LogP contribution is 2.25. The van der Waals surface area contributed by atoms with Gasteiger partial charge in [0.1, 0.15) is 6.54 Å². The predicted molar refractivity (Wildman–Crippen MR) is 99.0 cm³/mol. The Hall–Kier alpha value is -0.910. The molecule has 6 heteroatoms. The molecule has 0 aromatic rings. The quantitative estimate of drug-likeness (QED) is 0.594. The molecule has 1 amide bonds. The first-order valence-electron chi connectivity index (χ1n) is 8.93. The Morgan fingerprint density at radius 1 is 1.22 bits per heavy atom. The van der Waals surface area contributed by atoms with Crippen molar-refractivity contribution in [3.05, 3.63) is 0 Å². The highest BCUT2D eigenvalue weighted by Gasteiger charge is 2.23. The molecule has 2 N–H and O–H groups in total. The minimum atomic E-state index is 0.0398. The van der Waals surface area contributed by atoms with Crippen LogP contribution in [0.25, 0.3) is 0 Å². The highest BCUT2D eigenvalue weighted by molar-refractivity contribution is 8.00. The van der Waals surface area contributed by atoms with Gasteiger partial charge < -0.3 is 15.5 Å². The zero-order valence-electron chi connectivity index (χ0n) is 14.8. The predicted octanol–water partition coefficient (Wildman–Crippen LogP) is 2.08. The average Bonchev–Trinajstić information content (AvgIpc) is 3.04. The SMILES string of the molecule is CC1CCCCC1NC(=NCC(=O)N(C)C)NCC1CCCS1. The Labute approximate surface area is 145 Å². The summed E-state index contributed by atoms with van der Waals surface area (Å²) >= 11 is 2.04. The van der Waals surface area contributed by atoms with Crippen molar-refractivity contribution < 1.29 is 4.79 Å². The molecule has 1 saturated heterocycles. The molecule has 1 aliphatic heterocycles. The van der Waals surface area contributed by atoms with Gasteiger partial charge in [-0.3, -0.25) is 4.79 Å². The molecule has 2 rings (SSSR count). The summed E-state index contributed by atoms with van der Waals surface area (Å²) in [4.78, 5) is 17.9. The van der Waals surface area contributed by atoms with E-state index >= 15 is 0 Å². The van der Waals surface area contributed by atoms with Crippen molar-refractivity contribution in [1.29, 1.82) is 0 Å². The summed E-state index contributed by atoms with van der Waals surface area (Å²) in [6, 6.07) is 0.473. The second-order valence-electron chi connectivity index (χ2n) is 6.98. The van der Waals surface area contributed by atoms with Crippen molar-refractivity contribution in [3.63, 3.8) is 0 Å². The number of guanidine groups is 1. The van der Waals surface area contributed by atoms with E-state index in [9.17, 15) is 4.79 Å². The first kappa shape index (κ1) is 18.4. The molecule has 1 aliphatic carbocycles. The van der Waals surface area contributed by atoms with Crippen LogP contribution < -0.4 is 10.6 Å². The molecule has 5 nitrogen and oxygen atoms in total. The van der Waals surface area contributed by atoms with Crippen LogP contribution in [0.1, 0.15) is 45.4 Å². The third-order valence-corrected chi connectivity index (χ3v) is 6.22. The fourth-order valence-electron chi connectivity index (χ4n) is 3.16. The van der Waals surface area contributed by atoms with Crippen molar-refractivity contribution in [3.8, 4) is 0 Å². The van der Waals surface area contributed by atoms with Crippen LogP contribution in [0.2, 0.25) is 0 Å². The Morgan fingerprint density at radius 3 is 2.65 bits per heavy atom. The van der Waals surface area contributed by atoms with Crippen LogP contribution in [0, 0.1) is 5.92 Å². The van der Waals surface area contributed by atoms with Crippen LogP contribution in [0.3, 0.4) is 0 Å². The molecule has 2 aliphatic rings. The van der Waals surface area contributed by atoms with E-state index in [1.165, 1.54) is 44.3 Å². The fourth-order valence-corrected chi connectivity index (χ4v) is 4.36. The summed E-state index contributed by atoms with van der Waals surface area (Å²) < 4.78 is 0. The van der Waals surface area contributed by atoms with Crippen molar-refractivity contribution >= 4 is 23.6 Å². The van der Waals surface area contributed by atoms with E-state index in [1.54, 1.807) is 19.0 Å². The average molecular weight is 341 g/mol. The van der Waals surface area contributed by atoms with Crippen LogP contribution in [0.4, 0.5) is 0 Å². The molecule has 3 atom stereocenters. The summed E-state index contributed by atoms with van der Waals surface area (Å²) in [6.07, 6.45) is 7.68. The van der Waals surface area contributed by atoms with Gasteiger partial charge >= 0.3 is 0 Å². The van der Waals surface area contributed by atoms with Gasteiger partial charge in [-0.25, -0.2) is 4.99 Å². The van der Waals surface area contributed by atoms with E-state index in [0.717, 1.165) is 12.5 Å². The van der Waals surface area contributed by atoms with Crippen LogP contribution in [0.15, 0.2) is 4.99 Å². The summed E-state index contributed by atoms with van der Waals surface area (Å²) in [5, 5.41) is 7.73. The largest absolute Gasteiger partial charge is 0.355 e. The monoisotopic (exact) mass is 340 g/mol. The Morgan fingerprint density at radius 2 is 2.00 bits per heavy atom. The third kappa shape index (κ3) is 6.24. The number of nitrogens with one attached hydrogen (secondary N) is 2. The summed E-state index contributed by atoms with van der Waals surface area (Å²) in [5.74, 6) is 2.79. The Balaban J connectivity index is 1.91. The number of amides is 1. The van der Waals surface area contributed by atoms with Gasteiger partial charge in [0.15, 0.2) is 5.96 Å². The number of hydrogen-bond acceptors (Lipinski definition) is 3. The first-order chi connectivity index (χ1) is 11.1. The normalized spacial score (nSPS) is 28.5. The molecule has 3 unspecified atom stereocenters. The van der Waals surface area contributed by atoms with Gasteiger partial charge in [0.25, 0.3) is 0 Å². The molecular weight excluding hydrogens is 308 g/mol. The van der Waals surface area contributed by atoms with Crippen molar-refractivity contribution in [2.75, 3.05) is 32.9 Å². The van der Waals surface area contributed by atoms with Crippen molar-refractivity contribution in [2.24, 2.45) is 10.9 Å². The number of likely N-dealkylation sites (N-methyl/N-ethyl adjacent to an activating group) is 1. The molecule has 1 heterocycles. The second-order valence-corrected chi connectivity index (χ2v) is 8.39. The van der Waals surface area contributed by atoms with Gasteiger partial charge in [-0.15, -0.1) is 0 Å². The molecule has 0 bridgehead atoms. The number of hydrogen-bond donors (Lipinski definition) is 2. The van der Waals surface area contributed by atoms with E-state index < -0.39 is 0 Å². The van der Waals surface area contributed by atoms with Crippen LogP contribution >= 0.6 is 11.8 Å². The lowest BCUT2D eigenvalue weighted by molar-refractivity contribution is -0.127. The Bertz CT molecular complexity index is 407. The zero-order chi connectivity index (χ0) is 16.7. The van der Waals surface area contributed by atoms with E-state index in [2.05, 4.69) is 22.5 Å². The minimum Gasteiger partial charge on any atom is -0.355 e. The molecule has 23 heavy (non-hydrogen) atoms.